The number of aromatic nitrogens is 2. The lowest BCUT2D eigenvalue weighted by Crippen LogP contribution is -3.00. The van der Waals surface area contributed by atoms with Crippen molar-refractivity contribution in [1.82, 2.24) is 9.97 Å². The molecule has 1 N–H and O–H groups in total. The molecular weight excluding hydrogens is 232 g/mol. The fraction of sp³-hybridized carbons (Fsp3) is 0.357. The zero-order valence-corrected chi connectivity index (χ0v) is 10.7. The molecule has 1 aromatic carbocycles. The van der Waals surface area contributed by atoms with Gasteiger partial charge in [0, 0.05) is 17.3 Å². The standard InChI is InChI=1S/C14H16N2.ClH/c1-2-14(13-9-15-10-16-13)7-11-5-3-4-6-12(11)8-14;/h3-6,9-10H,2,7-8H2,1H3,(H,15,16);1H/p-1. The number of halogens is 1. The Hall–Kier alpha value is -1.28. The molecule has 0 unspecified atom stereocenters. The van der Waals surface area contributed by atoms with E-state index >= 15 is 0 Å². The van der Waals surface area contributed by atoms with Crippen molar-refractivity contribution in [2.45, 2.75) is 31.6 Å². The first-order valence-electron chi connectivity index (χ1n) is 5.90. The van der Waals surface area contributed by atoms with Gasteiger partial charge >= 0.3 is 0 Å². The van der Waals surface area contributed by atoms with E-state index < -0.39 is 0 Å². The summed E-state index contributed by atoms with van der Waals surface area (Å²) in [4.78, 5) is 7.46. The Bertz CT molecular complexity index is 466. The molecule has 3 rings (SSSR count). The Balaban J connectivity index is 0.00000108. The lowest BCUT2D eigenvalue weighted by molar-refractivity contribution is -0.00000352. The molecule has 17 heavy (non-hydrogen) atoms. The summed E-state index contributed by atoms with van der Waals surface area (Å²) in [5.74, 6) is 0. The van der Waals surface area contributed by atoms with Gasteiger partial charge in [0.1, 0.15) is 0 Å². The summed E-state index contributed by atoms with van der Waals surface area (Å²) in [7, 11) is 0. The third-order valence-corrected chi connectivity index (χ3v) is 3.92. The normalized spacial score (nSPS) is 16.3. The molecule has 1 heterocycles. The van der Waals surface area contributed by atoms with Crippen LogP contribution in [0, 0.1) is 0 Å². The van der Waals surface area contributed by atoms with Crippen molar-refractivity contribution >= 4 is 0 Å². The van der Waals surface area contributed by atoms with Gasteiger partial charge in [0.2, 0.25) is 0 Å². The molecule has 0 fully saturated rings. The van der Waals surface area contributed by atoms with E-state index in [9.17, 15) is 0 Å². The van der Waals surface area contributed by atoms with Crippen LogP contribution in [0.1, 0.15) is 30.2 Å². The summed E-state index contributed by atoms with van der Waals surface area (Å²) in [5, 5.41) is 0. The minimum Gasteiger partial charge on any atom is -1.00 e. The van der Waals surface area contributed by atoms with Crippen LogP contribution >= 0.6 is 0 Å². The highest BCUT2D eigenvalue weighted by molar-refractivity contribution is 5.39. The van der Waals surface area contributed by atoms with Crippen molar-refractivity contribution in [3.8, 4) is 0 Å². The second-order valence-corrected chi connectivity index (χ2v) is 4.72. The first-order chi connectivity index (χ1) is 7.84. The second-order valence-electron chi connectivity index (χ2n) is 4.72. The third kappa shape index (κ3) is 1.87. The molecule has 0 radical (unpaired) electrons. The topological polar surface area (TPSA) is 28.7 Å². The Morgan fingerprint density at radius 3 is 2.35 bits per heavy atom. The van der Waals surface area contributed by atoms with E-state index in [4.69, 9.17) is 0 Å². The van der Waals surface area contributed by atoms with Crippen molar-refractivity contribution in [1.29, 1.82) is 0 Å². The number of benzene rings is 1. The summed E-state index contributed by atoms with van der Waals surface area (Å²) >= 11 is 0. The first kappa shape index (κ1) is 12.2. The molecule has 0 saturated heterocycles. The molecule has 0 bridgehead atoms. The predicted molar refractivity (Wildman–Crippen MR) is 64.4 cm³/mol. The van der Waals surface area contributed by atoms with Crippen LogP contribution in [0.15, 0.2) is 36.8 Å². The van der Waals surface area contributed by atoms with Crippen LogP contribution in [0.5, 0.6) is 0 Å². The zero-order chi connectivity index (χ0) is 11.0. The van der Waals surface area contributed by atoms with E-state index in [0.29, 0.717) is 0 Å². The minimum atomic E-state index is 0. The molecule has 0 spiro atoms. The van der Waals surface area contributed by atoms with E-state index in [-0.39, 0.29) is 17.8 Å². The molecule has 3 heteroatoms. The van der Waals surface area contributed by atoms with Gasteiger partial charge in [-0.25, -0.2) is 4.98 Å². The van der Waals surface area contributed by atoms with Crippen LogP contribution in [0.25, 0.3) is 0 Å². The van der Waals surface area contributed by atoms with Crippen LogP contribution in [0.2, 0.25) is 0 Å². The Morgan fingerprint density at radius 1 is 1.24 bits per heavy atom. The molecule has 2 nitrogen and oxygen atoms in total. The van der Waals surface area contributed by atoms with Crippen molar-refractivity contribution in [3.63, 3.8) is 0 Å². The SMILES string of the molecule is CCC1(c2cnc[nH]2)Cc2ccccc2C1.[Cl-]. The van der Waals surface area contributed by atoms with Crippen molar-refractivity contribution in [3.05, 3.63) is 53.6 Å². The Kier molecular flexibility index (Phi) is 3.25. The molecule has 0 aliphatic heterocycles. The summed E-state index contributed by atoms with van der Waals surface area (Å²) in [6.45, 7) is 2.27. The van der Waals surface area contributed by atoms with Gasteiger partial charge in [-0.2, -0.15) is 0 Å². The van der Waals surface area contributed by atoms with E-state index in [1.807, 2.05) is 6.20 Å². The van der Waals surface area contributed by atoms with Gasteiger partial charge in [0.15, 0.2) is 0 Å². The maximum atomic E-state index is 4.17. The zero-order valence-electron chi connectivity index (χ0n) is 9.91. The number of aromatic amines is 1. The lowest BCUT2D eigenvalue weighted by Gasteiger charge is -2.25. The Labute approximate surface area is 108 Å². The second kappa shape index (κ2) is 4.53. The fourth-order valence-corrected chi connectivity index (χ4v) is 2.87. The van der Waals surface area contributed by atoms with Crippen molar-refractivity contribution < 1.29 is 12.4 Å². The van der Waals surface area contributed by atoms with Gasteiger partial charge in [-0.3, -0.25) is 0 Å². The molecule has 0 amide bonds. The lowest BCUT2D eigenvalue weighted by atomic mass is 9.79. The number of imidazole rings is 1. The number of hydrogen-bond acceptors (Lipinski definition) is 1. The van der Waals surface area contributed by atoms with Gasteiger partial charge in [-0.1, -0.05) is 31.2 Å². The van der Waals surface area contributed by atoms with E-state index in [1.54, 1.807) is 6.33 Å². The number of hydrogen-bond donors (Lipinski definition) is 1. The molecule has 90 valence electrons. The van der Waals surface area contributed by atoms with E-state index in [0.717, 1.165) is 19.3 Å². The molecule has 1 aliphatic rings. The highest BCUT2D eigenvalue weighted by atomic mass is 35.5. The number of H-pyrrole nitrogens is 1. The maximum absolute atomic E-state index is 4.17. The van der Waals surface area contributed by atoms with Crippen LogP contribution < -0.4 is 12.4 Å². The van der Waals surface area contributed by atoms with Crippen LogP contribution in [-0.4, -0.2) is 9.97 Å². The summed E-state index contributed by atoms with van der Waals surface area (Å²) < 4.78 is 0. The number of nitrogens with one attached hydrogen (secondary N) is 1. The fourth-order valence-electron chi connectivity index (χ4n) is 2.87. The van der Waals surface area contributed by atoms with Gasteiger partial charge in [0.05, 0.1) is 6.33 Å². The van der Waals surface area contributed by atoms with E-state index in [2.05, 4.69) is 41.2 Å². The van der Waals surface area contributed by atoms with Crippen molar-refractivity contribution in [2.24, 2.45) is 0 Å². The molecule has 2 aromatic rings. The monoisotopic (exact) mass is 247 g/mol. The average Bonchev–Trinajstić information content (AvgIpc) is 2.96. The van der Waals surface area contributed by atoms with Crippen LogP contribution in [0.4, 0.5) is 0 Å². The van der Waals surface area contributed by atoms with Crippen LogP contribution in [0.3, 0.4) is 0 Å². The summed E-state index contributed by atoms with van der Waals surface area (Å²) in [5.41, 5.74) is 4.53. The smallest absolute Gasteiger partial charge is 0.0921 e. The highest BCUT2D eigenvalue weighted by Crippen LogP contribution is 2.41. The van der Waals surface area contributed by atoms with E-state index in [1.165, 1.54) is 16.8 Å². The molecule has 1 aliphatic carbocycles. The van der Waals surface area contributed by atoms with Gasteiger partial charge in [-0.15, -0.1) is 0 Å². The van der Waals surface area contributed by atoms with Gasteiger partial charge in [-0.05, 0) is 30.4 Å². The first-order valence-corrected chi connectivity index (χ1v) is 5.90. The molecule has 0 atom stereocenters. The molecule has 1 aromatic heterocycles. The van der Waals surface area contributed by atoms with Gasteiger partial charge < -0.3 is 17.4 Å². The average molecular weight is 248 g/mol. The molecule has 0 saturated carbocycles. The highest BCUT2D eigenvalue weighted by Gasteiger charge is 2.38. The quantitative estimate of drug-likeness (QED) is 0.787. The third-order valence-electron chi connectivity index (χ3n) is 3.92. The number of rotatable bonds is 2. The summed E-state index contributed by atoms with van der Waals surface area (Å²) in [6.07, 6.45) is 7.21. The maximum Gasteiger partial charge on any atom is 0.0921 e. The Morgan fingerprint density at radius 2 is 1.88 bits per heavy atom. The largest absolute Gasteiger partial charge is 1.00 e. The predicted octanol–water partition coefficient (Wildman–Crippen LogP) is -0.140. The number of nitrogens with zero attached hydrogens (tertiary/aromatic N) is 1. The molecular formula is C14H16ClN2-. The van der Waals surface area contributed by atoms with Gasteiger partial charge in [0.25, 0.3) is 0 Å². The number of fused-ring (bicyclic) bond motifs is 1. The van der Waals surface area contributed by atoms with Crippen molar-refractivity contribution in [2.75, 3.05) is 0 Å². The minimum absolute atomic E-state index is 0. The van der Waals surface area contributed by atoms with Crippen LogP contribution in [-0.2, 0) is 18.3 Å². The summed E-state index contributed by atoms with van der Waals surface area (Å²) in [6, 6.07) is 8.78.